The van der Waals surface area contributed by atoms with Crippen molar-refractivity contribution >= 4 is 23.2 Å². The number of rotatable bonds is 13. The van der Waals surface area contributed by atoms with Crippen LogP contribution in [0, 0.1) is 0 Å². The molecule has 0 heterocycles. The van der Waals surface area contributed by atoms with Gasteiger partial charge in [0.15, 0.2) is 7.26 Å². The molecule has 2 nitrogen and oxygen atoms in total. The lowest BCUT2D eigenvalue weighted by atomic mass is 9.97. The molecule has 0 spiro atoms. The van der Waals surface area contributed by atoms with Gasteiger partial charge in [-0.05, 0) is 91.6 Å². The molecular formula is C40H42Br2O2P-. The van der Waals surface area contributed by atoms with Crippen LogP contribution in [-0.2, 0) is 12.8 Å². The minimum absolute atomic E-state index is 0. The van der Waals surface area contributed by atoms with Crippen LogP contribution in [0.5, 0.6) is 11.5 Å². The number of benzene rings is 5. The summed E-state index contributed by atoms with van der Waals surface area (Å²) >= 11 is 0. The van der Waals surface area contributed by atoms with E-state index in [9.17, 15) is 0 Å². The second-order valence-electron chi connectivity index (χ2n) is 10.2. The minimum Gasteiger partial charge on any atom is -1.00 e. The molecule has 0 aliphatic carbocycles. The van der Waals surface area contributed by atoms with E-state index < -0.39 is 7.26 Å². The zero-order chi connectivity index (χ0) is 29.2. The molecule has 0 saturated heterocycles. The predicted octanol–water partition coefficient (Wildman–Crippen LogP) is 3.18. The summed E-state index contributed by atoms with van der Waals surface area (Å²) in [5.41, 5.74) is 4.42. The van der Waals surface area contributed by atoms with Crippen molar-refractivity contribution in [3.63, 3.8) is 0 Å². The van der Waals surface area contributed by atoms with Gasteiger partial charge < -0.3 is 43.4 Å². The van der Waals surface area contributed by atoms with Crippen molar-refractivity contribution < 1.29 is 43.4 Å². The lowest BCUT2D eigenvalue weighted by Gasteiger charge is -2.28. The van der Waals surface area contributed by atoms with Gasteiger partial charge in [-0.1, -0.05) is 86.3 Å². The summed E-state index contributed by atoms with van der Waals surface area (Å²) in [6.07, 6.45) is 5.96. The fourth-order valence-corrected chi connectivity index (χ4v) is 9.17. The first kappa shape index (κ1) is 37.8. The average Bonchev–Trinajstić information content (AvgIpc) is 3.04. The summed E-state index contributed by atoms with van der Waals surface area (Å²) in [6, 6.07) is 45.4. The molecule has 0 fully saturated rings. The Hall–Kier alpha value is -3.43. The van der Waals surface area contributed by atoms with Gasteiger partial charge in [0.2, 0.25) is 6.35 Å². The number of halogens is 2. The number of allylic oxidation sites excluding steroid dienone is 2. The smallest absolute Gasteiger partial charge is 0.210 e. The first-order valence-electron chi connectivity index (χ1n) is 14.5. The lowest BCUT2D eigenvalue weighted by molar-refractivity contribution is -0.00100. The Bertz CT molecular complexity index is 1530. The molecule has 0 aromatic heterocycles. The van der Waals surface area contributed by atoms with Gasteiger partial charge in [-0.25, -0.2) is 0 Å². The van der Waals surface area contributed by atoms with Crippen molar-refractivity contribution in [2.45, 2.75) is 27.2 Å². The Morgan fingerprint density at radius 3 is 1.29 bits per heavy atom. The molecule has 0 aliphatic heterocycles. The van der Waals surface area contributed by atoms with Crippen molar-refractivity contribution in [3.8, 4) is 22.6 Å². The Kier molecular flexibility index (Phi) is 15.5. The summed E-state index contributed by atoms with van der Waals surface area (Å²) in [5.74, 6) is 1.69. The SMILES string of the molecule is C.C=CCc1ccc(OCC)c(-c2cc(CC=C)ccc2OC[P+](c2ccccc2)(c2ccccc2)c2ccccc2)c1.[Br-].[Br-]. The van der Waals surface area contributed by atoms with E-state index in [1.54, 1.807) is 0 Å². The van der Waals surface area contributed by atoms with E-state index in [1.165, 1.54) is 27.0 Å². The van der Waals surface area contributed by atoms with E-state index in [-0.39, 0.29) is 41.4 Å². The lowest BCUT2D eigenvalue weighted by Crippen LogP contribution is -3.00. The molecule has 0 atom stereocenters. The van der Waals surface area contributed by atoms with Crippen molar-refractivity contribution in [2.24, 2.45) is 0 Å². The average molecular weight is 746 g/mol. The third-order valence-corrected chi connectivity index (χ3v) is 11.5. The molecule has 5 aromatic carbocycles. The van der Waals surface area contributed by atoms with Crippen LogP contribution in [0.2, 0.25) is 0 Å². The molecule has 234 valence electrons. The van der Waals surface area contributed by atoms with Gasteiger partial charge in [0.1, 0.15) is 27.4 Å². The molecule has 0 radical (unpaired) electrons. The molecule has 0 saturated carbocycles. The quantitative estimate of drug-likeness (QED) is 0.136. The van der Waals surface area contributed by atoms with E-state index >= 15 is 0 Å². The van der Waals surface area contributed by atoms with Gasteiger partial charge in [-0.15, -0.1) is 13.2 Å². The second kappa shape index (κ2) is 18.5. The summed E-state index contributed by atoms with van der Waals surface area (Å²) in [6.45, 7) is 10.5. The molecule has 45 heavy (non-hydrogen) atoms. The first-order chi connectivity index (χ1) is 20.7. The standard InChI is InChI=1S/C39H38O2P.CH4.2BrH/c1-4-16-31-24-26-38(40-6-3)36(28-31)37-29-32(17-5-2)25-27-39(37)41-30-42(33-18-10-7-11-19-33,34-20-12-8-13-21-34)35-22-14-9-15-23-35;;;/h4-5,7-15,18-29H,1-2,6,16-17,30H2,3H3;1H4;2*1H/q+1;;;/p-2. The van der Waals surface area contributed by atoms with Crippen LogP contribution in [0.25, 0.3) is 11.1 Å². The van der Waals surface area contributed by atoms with Crippen LogP contribution in [0.3, 0.4) is 0 Å². The van der Waals surface area contributed by atoms with E-state index in [0.29, 0.717) is 13.0 Å². The van der Waals surface area contributed by atoms with E-state index in [2.05, 4.69) is 141 Å². The van der Waals surface area contributed by atoms with Crippen LogP contribution in [0.15, 0.2) is 153 Å². The molecule has 5 aromatic rings. The molecule has 5 heteroatoms. The van der Waals surface area contributed by atoms with Crippen LogP contribution in [0.4, 0.5) is 0 Å². The van der Waals surface area contributed by atoms with Crippen molar-refractivity contribution in [3.05, 3.63) is 164 Å². The largest absolute Gasteiger partial charge is 1.00 e. The van der Waals surface area contributed by atoms with Crippen molar-refractivity contribution in [2.75, 3.05) is 13.0 Å². The monoisotopic (exact) mass is 743 g/mol. The van der Waals surface area contributed by atoms with E-state index in [0.717, 1.165) is 35.5 Å². The predicted molar refractivity (Wildman–Crippen MR) is 188 cm³/mol. The third-order valence-electron chi connectivity index (χ3n) is 7.44. The Morgan fingerprint density at radius 2 is 0.933 bits per heavy atom. The third kappa shape index (κ3) is 8.64. The summed E-state index contributed by atoms with van der Waals surface area (Å²) < 4.78 is 13.2. The maximum absolute atomic E-state index is 7.03. The zero-order valence-corrected chi connectivity index (χ0v) is 29.1. The summed E-state index contributed by atoms with van der Waals surface area (Å²) in [5, 5.41) is 3.86. The van der Waals surface area contributed by atoms with E-state index in [4.69, 9.17) is 9.47 Å². The second-order valence-corrected chi connectivity index (χ2v) is 13.6. The molecule has 0 amide bonds. The zero-order valence-electron chi connectivity index (χ0n) is 25.0. The molecule has 0 aliphatic rings. The topological polar surface area (TPSA) is 18.5 Å². The molecule has 0 N–H and O–H groups in total. The first-order valence-corrected chi connectivity index (χ1v) is 16.5. The Labute approximate surface area is 291 Å². The maximum atomic E-state index is 7.03. The summed E-state index contributed by atoms with van der Waals surface area (Å²) in [7, 11) is -2.18. The molecule has 0 bridgehead atoms. The van der Waals surface area contributed by atoms with Crippen LogP contribution >= 0.6 is 7.26 Å². The van der Waals surface area contributed by atoms with Crippen LogP contribution < -0.4 is 59.4 Å². The highest BCUT2D eigenvalue weighted by Crippen LogP contribution is 2.55. The highest BCUT2D eigenvalue weighted by Gasteiger charge is 2.46. The summed E-state index contributed by atoms with van der Waals surface area (Å²) in [4.78, 5) is 0. The number of ether oxygens (including phenoxy) is 2. The Morgan fingerprint density at radius 1 is 0.556 bits per heavy atom. The number of hydrogen-bond donors (Lipinski definition) is 0. The van der Waals surface area contributed by atoms with Gasteiger partial charge in [0.05, 0.1) is 6.61 Å². The fraction of sp³-hybridized carbons (Fsp3) is 0.150. The van der Waals surface area contributed by atoms with Gasteiger partial charge in [0.25, 0.3) is 0 Å². The van der Waals surface area contributed by atoms with Gasteiger partial charge >= 0.3 is 0 Å². The van der Waals surface area contributed by atoms with Gasteiger partial charge in [0, 0.05) is 11.1 Å². The minimum atomic E-state index is -2.18. The van der Waals surface area contributed by atoms with Crippen LogP contribution in [-0.4, -0.2) is 13.0 Å². The number of hydrogen-bond acceptors (Lipinski definition) is 2. The van der Waals surface area contributed by atoms with Crippen molar-refractivity contribution in [1.29, 1.82) is 0 Å². The Balaban J connectivity index is 0.00000235. The maximum Gasteiger partial charge on any atom is 0.210 e. The van der Waals surface area contributed by atoms with Crippen LogP contribution in [0.1, 0.15) is 25.5 Å². The fourth-order valence-electron chi connectivity index (χ4n) is 5.45. The van der Waals surface area contributed by atoms with Gasteiger partial charge in [-0.2, -0.15) is 0 Å². The van der Waals surface area contributed by atoms with Crippen molar-refractivity contribution in [1.82, 2.24) is 0 Å². The highest BCUT2D eigenvalue weighted by atomic mass is 79.9. The molecule has 0 unspecified atom stereocenters. The van der Waals surface area contributed by atoms with Gasteiger partial charge in [-0.3, -0.25) is 0 Å². The highest BCUT2D eigenvalue weighted by molar-refractivity contribution is 7.95. The molecule has 5 rings (SSSR count). The normalized spacial score (nSPS) is 10.3. The van der Waals surface area contributed by atoms with E-state index in [1.807, 2.05) is 19.1 Å². The molecular weight excluding hydrogens is 703 g/mol.